The summed E-state index contributed by atoms with van der Waals surface area (Å²) in [4.78, 5) is 34.5. The number of nitro benzene ring substituents is 1. The normalized spacial score (nSPS) is 12.8. The van der Waals surface area contributed by atoms with Crippen LogP contribution in [0.25, 0.3) is 6.08 Å². The molecule has 9 nitrogen and oxygen atoms in total. The van der Waals surface area contributed by atoms with E-state index in [4.69, 9.17) is 14.2 Å². The van der Waals surface area contributed by atoms with Crippen molar-refractivity contribution in [2.24, 2.45) is 0 Å². The van der Waals surface area contributed by atoms with Crippen LogP contribution in [0.15, 0.2) is 42.5 Å². The summed E-state index contributed by atoms with van der Waals surface area (Å²) >= 11 is 0. The molecule has 1 N–H and O–H groups in total. The predicted octanol–water partition coefficient (Wildman–Crippen LogP) is 3.09. The van der Waals surface area contributed by atoms with Crippen LogP contribution in [-0.4, -0.2) is 36.6 Å². The predicted molar refractivity (Wildman–Crippen MR) is 104 cm³/mol. The van der Waals surface area contributed by atoms with Gasteiger partial charge in [0.2, 0.25) is 0 Å². The highest BCUT2D eigenvalue weighted by Crippen LogP contribution is 2.39. The van der Waals surface area contributed by atoms with Gasteiger partial charge >= 0.3 is 5.97 Å². The summed E-state index contributed by atoms with van der Waals surface area (Å²) in [7, 11) is 0. The molecule has 0 fully saturated rings. The molecule has 0 spiro atoms. The fourth-order valence-corrected chi connectivity index (χ4v) is 2.59. The quantitative estimate of drug-likeness (QED) is 0.333. The van der Waals surface area contributed by atoms with Gasteiger partial charge in [0.1, 0.15) is 11.5 Å². The molecule has 2 aromatic carbocycles. The average molecular weight is 416 g/mol. The number of rotatable bonds is 6. The zero-order valence-electron chi connectivity index (χ0n) is 15.6. The lowest BCUT2D eigenvalue weighted by Crippen LogP contribution is -2.20. The van der Waals surface area contributed by atoms with Crippen molar-refractivity contribution < 1.29 is 33.1 Å². The Morgan fingerprint density at radius 3 is 2.60 bits per heavy atom. The second-order valence-corrected chi connectivity index (χ2v) is 6.13. The molecular formula is C20H17FN2O7. The first-order valence-electron chi connectivity index (χ1n) is 8.91. The van der Waals surface area contributed by atoms with Crippen LogP contribution in [0.5, 0.6) is 11.5 Å². The van der Waals surface area contributed by atoms with Crippen molar-refractivity contribution in [3.05, 3.63) is 64.0 Å². The van der Waals surface area contributed by atoms with Crippen LogP contribution in [0.3, 0.4) is 0 Å². The zero-order chi connectivity index (χ0) is 21.5. The van der Waals surface area contributed by atoms with Gasteiger partial charge in [-0.05, 0) is 12.1 Å². The number of carbonyl (C=O) groups is 2. The van der Waals surface area contributed by atoms with Crippen molar-refractivity contribution in [2.45, 2.75) is 6.42 Å². The van der Waals surface area contributed by atoms with E-state index in [9.17, 15) is 24.1 Å². The van der Waals surface area contributed by atoms with E-state index in [0.717, 1.165) is 6.08 Å². The van der Waals surface area contributed by atoms with Gasteiger partial charge in [0.05, 0.1) is 24.2 Å². The third kappa shape index (κ3) is 5.31. The number of nitrogens with zero attached hydrogens (tertiary/aromatic N) is 1. The first-order valence-corrected chi connectivity index (χ1v) is 8.91. The number of hydrogen-bond donors (Lipinski definition) is 1. The van der Waals surface area contributed by atoms with E-state index in [-0.39, 0.29) is 22.7 Å². The van der Waals surface area contributed by atoms with E-state index in [2.05, 4.69) is 5.32 Å². The molecular weight excluding hydrogens is 399 g/mol. The van der Waals surface area contributed by atoms with Crippen LogP contribution < -0.4 is 14.8 Å². The van der Waals surface area contributed by atoms with Crippen molar-refractivity contribution >= 4 is 29.3 Å². The van der Waals surface area contributed by atoms with E-state index in [1.54, 1.807) is 6.07 Å². The van der Waals surface area contributed by atoms with Gasteiger partial charge < -0.3 is 19.5 Å². The molecule has 0 atom stereocenters. The summed E-state index contributed by atoms with van der Waals surface area (Å²) in [5.41, 5.74) is -0.327. The summed E-state index contributed by atoms with van der Waals surface area (Å²) in [6, 6.07) is 8.27. The second kappa shape index (κ2) is 9.50. The highest BCUT2D eigenvalue weighted by molar-refractivity contribution is 5.96. The van der Waals surface area contributed by atoms with Crippen LogP contribution in [0.2, 0.25) is 0 Å². The Labute approximate surface area is 170 Å². The number of esters is 1. The van der Waals surface area contributed by atoms with Gasteiger partial charge in [0.25, 0.3) is 11.6 Å². The Hall–Kier alpha value is -3.95. The number of nitro groups is 1. The van der Waals surface area contributed by atoms with Crippen molar-refractivity contribution in [3.63, 3.8) is 0 Å². The lowest BCUT2D eigenvalue weighted by atomic mass is 10.2. The molecule has 30 heavy (non-hydrogen) atoms. The first-order chi connectivity index (χ1) is 14.4. The minimum atomic E-state index is -0.874. The van der Waals surface area contributed by atoms with E-state index < -0.39 is 34.9 Å². The Morgan fingerprint density at radius 2 is 1.90 bits per heavy atom. The molecule has 0 saturated heterocycles. The van der Waals surface area contributed by atoms with Crippen molar-refractivity contribution in [1.29, 1.82) is 0 Å². The minimum absolute atomic E-state index is 0.118. The van der Waals surface area contributed by atoms with Crippen LogP contribution >= 0.6 is 0 Å². The fourth-order valence-electron chi connectivity index (χ4n) is 2.59. The highest BCUT2D eigenvalue weighted by atomic mass is 19.1. The Balaban J connectivity index is 1.63. The third-order valence-corrected chi connectivity index (χ3v) is 3.99. The van der Waals surface area contributed by atoms with Gasteiger partial charge in [0.15, 0.2) is 18.1 Å². The maximum absolute atomic E-state index is 13.5. The monoisotopic (exact) mass is 416 g/mol. The molecule has 1 heterocycles. The minimum Gasteiger partial charge on any atom is -0.489 e. The summed E-state index contributed by atoms with van der Waals surface area (Å²) in [6.45, 7) is 0.0302. The Kier molecular flexibility index (Phi) is 6.58. The van der Waals surface area contributed by atoms with E-state index in [0.29, 0.717) is 19.6 Å². The smallest absolute Gasteiger partial charge is 0.331 e. The topological polar surface area (TPSA) is 117 Å². The standard InChI is InChI=1S/C20H17FN2O7/c21-14-5-2-1-4-13(14)6-7-20(25)30-12-19(24)22-15-10-17-18(11-16(15)23(26)27)29-9-3-8-28-17/h1-2,4-7,10-11H,3,8-9,12H2,(H,22,24)/b7-6+. The number of carbonyl (C=O) groups excluding carboxylic acids is 2. The van der Waals surface area contributed by atoms with Crippen LogP contribution in [0, 0.1) is 15.9 Å². The summed E-state index contributed by atoms with van der Waals surface area (Å²) in [5, 5.41) is 13.6. The number of ether oxygens (including phenoxy) is 3. The number of hydrogen-bond acceptors (Lipinski definition) is 7. The Morgan fingerprint density at radius 1 is 1.20 bits per heavy atom. The number of amides is 1. The van der Waals surface area contributed by atoms with E-state index in [1.807, 2.05) is 0 Å². The molecule has 2 aromatic rings. The molecule has 0 radical (unpaired) electrons. The second-order valence-electron chi connectivity index (χ2n) is 6.13. The fraction of sp³-hybridized carbons (Fsp3) is 0.200. The number of halogens is 1. The molecule has 10 heteroatoms. The number of anilines is 1. The lowest BCUT2D eigenvalue weighted by Gasteiger charge is -2.11. The molecule has 1 amide bonds. The number of fused-ring (bicyclic) bond motifs is 1. The van der Waals surface area contributed by atoms with Crippen LogP contribution in [-0.2, 0) is 14.3 Å². The molecule has 156 valence electrons. The molecule has 3 rings (SSSR count). The van der Waals surface area contributed by atoms with Crippen molar-refractivity contribution in [3.8, 4) is 11.5 Å². The van der Waals surface area contributed by atoms with E-state index in [1.165, 1.54) is 36.4 Å². The van der Waals surface area contributed by atoms with E-state index >= 15 is 0 Å². The highest BCUT2D eigenvalue weighted by Gasteiger charge is 2.23. The summed E-state index contributed by atoms with van der Waals surface area (Å²) in [5.74, 6) is -1.71. The number of nitrogens with one attached hydrogen (secondary N) is 1. The number of benzene rings is 2. The SMILES string of the molecule is O=C(COC(=O)/C=C/c1ccccc1F)Nc1cc2c(cc1[N+](=O)[O-])OCCCO2. The molecule has 1 aliphatic heterocycles. The molecule has 0 aromatic heterocycles. The van der Waals surface area contributed by atoms with Gasteiger partial charge in [-0.25, -0.2) is 9.18 Å². The third-order valence-electron chi connectivity index (χ3n) is 3.99. The molecule has 1 aliphatic rings. The van der Waals surface area contributed by atoms with Crippen LogP contribution in [0.1, 0.15) is 12.0 Å². The van der Waals surface area contributed by atoms with Gasteiger partial charge in [-0.1, -0.05) is 18.2 Å². The van der Waals surface area contributed by atoms with Crippen LogP contribution in [0.4, 0.5) is 15.8 Å². The van der Waals surface area contributed by atoms with Crippen molar-refractivity contribution in [2.75, 3.05) is 25.1 Å². The van der Waals surface area contributed by atoms with Gasteiger partial charge in [-0.3, -0.25) is 14.9 Å². The van der Waals surface area contributed by atoms with Gasteiger partial charge in [-0.2, -0.15) is 0 Å². The lowest BCUT2D eigenvalue weighted by molar-refractivity contribution is -0.384. The summed E-state index contributed by atoms with van der Waals surface area (Å²) in [6.07, 6.45) is 2.80. The molecule has 0 saturated carbocycles. The first kappa shape index (κ1) is 20.8. The van der Waals surface area contributed by atoms with Gasteiger partial charge in [0, 0.05) is 24.1 Å². The molecule has 0 bridgehead atoms. The van der Waals surface area contributed by atoms with Gasteiger partial charge in [-0.15, -0.1) is 0 Å². The molecule has 0 aliphatic carbocycles. The zero-order valence-corrected chi connectivity index (χ0v) is 15.6. The summed E-state index contributed by atoms with van der Waals surface area (Å²) < 4.78 is 29.2. The maximum Gasteiger partial charge on any atom is 0.331 e. The maximum atomic E-state index is 13.5. The van der Waals surface area contributed by atoms with Crippen molar-refractivity contribution in [1.82, 2.24) is 0 Å². The molecule has 0 unspecified atom stereocenters. The largest absolute Gasteiger partial charge is 0.489 e. The average Bonchev–Trinajstić information content (AvgIpc) is 2.95. The Bertz CT molecular complexity index is 1010.